The lowest BCUT2D eigenvalue weighted by Gasteiger charge is -2.07. The second-order valence-electron chi connectivity index (χ2n) is 5.62. The highest BCUT2D eigenvalue weighted by atomic mass is 16.6. The van der Waals surface area contributed by atoms with Gasteiger partial charge in [0.2, 0.25) is 5.91 Å². The number of carbonyl (C=O) groups is 1. The van der Waals surface area contributed by atoms with E-state index in [0.717, 1.165) is 5.56 Å². The Bertz CT molecular complexity index is 840. The summed E-state index contributed by atoms with van der Waals surface area (Å²) in [5.74, 6) is 1.56. The molecule has 1 aromatic carbocycles. The van der Waals surface area contributed by atoms with Crippen LogP contribution < -0.4 is 10.1 Å². The molecular formula is C18H16N4O3. The number of pyridine rings is 1. The van der Waals surface area contributed by atoms with E-state index in [4.69, 9.17) is 14.8 Å². The van der Waals surface area contributed by atoms with Gasteiger partial charge in [-0.25, -0.2) is 4.98 Å². The van der Waals surface area contributed by atoms with Crippen molar-refractivity contribution in [2.75, 3.05) is 0 Å². The molecule has 0 spiro atoms. The van der Waals surface area contributed by atoms with Gasteiger partial charge in [0.15, 0.2) is 5.84 Å². The van der Waals surface area contributed by atoms with E-state index in [-0.39, 0.29) is 18.4 Å². The Balaban J connectivity index is 1.56. The molecule has 0 radical (unpaired) electrons. The summed E-state index contributed by atoms with van der Waals surface area (Å²) in [4.78, 5) is 20.9. The number of nitriles is 1. The molecule has 1 aliphatic rings. The van der Waals surface area contributed by atoms with E-state index in [2.05, 4.69) is 15.5 Å². The van der Waals surface area contributed by atoms with E-state index in [1.54, 1.807) is 24.3 Å². The monoisotopic (exact) mass is 336 g/mol. The van der Waals surface area contributed by atoms with Crippen LogP contribution >= 0.6 is 0 Å². The Kier molecular flexibility index (Phi) is 4.90. The topological polar surface area (TPSA) is 96.6 Å². The van der Waals surface area contributed by atoms with Gasteiger partial charge in [0, 0.05) is 18.7 Å². The highest BCUT2D eigenvalue weighted by molar-refractivity contribution is 5.99. The molecule has 1 aliphatic heterocycles. The molecule has 2 aromatic rings. The molecule has 3 rings (SSSR count). The Labute approximate surface area is 144 Å². The molecule has 1 unspecified atom stereocenters. The molecule has 0 saturated carbocycles. The lowest BCUT2D eigenvalue weighted by Crippen LogP contribution is -2.31. The van der Waals surface area contributed by atoms with Gasteiger partial charge in [0.05, 0.1) is 6.42 Å². The maximum Gasteiger partial charge on any atom is 0.229 e. The van der Waals surface area contributed by atoms with Gasteiger partial charge in [0.1, 0.15) is 29.4 Å². The Morgan fingerprint density at radius 2 is 2.16 bits per heavy atom. The second kappa shape index (κ2) is 7.45. The van der Waals surface area contributed by atoms with E-state index in [0.29, 0.717) is 29.4 Å². The van der Waals surface area contributed by atoms with Crippen molar-refractivity contribution in [2.45, 2.75) is 25.9 Å². The molecule has 0 aliphatic carbocycles. The minimum absolute atomic E-state index is 0.00136. The van der Waals surface area contributed by atoms with Crippen LogP contribution in [0.15, 0.2) is 47.8 Å². The number of oxime groups is 1. The number of benzene rings is 1. The Hall–Kier alpha value is -3.40. The summed E-state index contributed by atoms with van der Waals surface area (Å²) < 4.78 is 5.67. The van der Waals surface area contributed by atoms with Crippen molar-refractivity contribution in [3.8, 4) is 17.6 Å². The highest BCUT2D eigenvalue weighted by Crippen LogP contribution is 2.22. The smallest absolute Gasteiger partial charge is 0.229 e. The number of hydrogen-bond donors (Lipinski definition) is 1. The molecule has 1 amide bonds. The number of amidine groups is 1. The highest BCUT2D eigenvalue weighted by Gasteiger charge is 2.18. The summed E-state index contributed by atoms with van der Waals surface area (Å²) in [5.41, 5.74) is 1.14. The zero-order chi connectivity index (χ0) is 17.6. The fraction of sp³-hybridized carbons (Fsp3) is 0.222. The molecule has 0 fully saturated rings. The summed E-state index contributed by atoms with van der Waals surface area (Å²) in [6.07, 6.45) is 2.36. The largest absolute Gasteiger partial charge is 0.457 e. The summed E-state index contributed by atoms with van der Waals surface area (Å²) in [6, 6.07) is 12.4. The first kappa shape index (κ1) is 16.5. The average molecular weight is 336 g/mol. The first-order chi connectivity index (χ1) is 12.1. The third-order valence-electron chi connectivity index (χ3n) is 3.48. The molecule has 1 N–H and O–H groups in total. The number of aromatic nitrogens is 1. The minimum atomic E-state index is -0.141. The minimum Gasteiger partial charge on any atom is -0.457 e. The van der Waals surface area contributed by atoms with Crippen LogP contribution in [0.3, 0.4) is 0 Å². The Morgan fingerprint density at radius 1 is 1.36 bits per heavy atom. The SMILES string of the molecule is CC1CC(NC(=O)Cc2ccc(Oc3ccnc(C#N)c3)cc2)=NO1. The molecule has 2 heterocycles. The van der Waals surface area contributed by atoms with Crippen molar-refractivity contribution >= 4 is 11.7 Å². The standard InChI is InChI=1S/C18H16N4O3/c1-12-8-17(22-25-12)21-18(23)9-13-2-4-15(5-3-13)24-16-6-7-20-14(10-16)11-19/h2-7,10,12H,8-9H2,1H3,(H,21,22,23). The predicted molar refractivity (Wildman–Crippen MR) is 89.9 cm³/mol. The third kappa shape index (κ3) is 4.54. The molecule has 1 atom stereocenters. The van der Waals surface area contributed by atoms with Crippen molar-refractivity contribution in [3.63, 3.8) is 0 Å². The lowest BCUT2D eigenvalue weighted by atomic mass is 10.1. The van der Waals surface area contributed by atoms with Crippen molar-refractivity contribution in [3.05, 3.63) is 53.9 Å². The van der Waals surface area contributed by atoms with E-state index in [1.807, 2.05) is 25.1 Å². The number of rotatable bonds is 4. The zero-order valence-corrected chi connectivity index (χ0v) is 13.6. The van der Waals surface area contributed by atoms with Crippen LogP contribution in [0.1, 0.15) is 24.6 Å². The molecule has 126 valence electrons. The maximum absolute atomic E-state index is 12.0. The Morgan fingerprint density at radius 3 is 2.84 bits per heavy atom. The normalized spacial score (nSPS) is 15.7. The quantitative estimate of drug-likeness (QED) is 0.925. The molecular weight excluding hydrogens is 320 g/mol. The molecule has 0 saturated heterocycles. The van der Waals surface area contributed by atoms with E-state index >= 15 is 0 Å². The lowest BCUT2D eigenvalue weighted by molar-refractivity contribution is -0.119. The number of hydrogen-bond acceptors (Lipinski definition) is 6. The van der Waals surface area contributed by atoms with Gasteiger partial charge in [0.25, 0.3) is 0 Å². The van der Waals surface area contributed by atoms with Crippen LogP contribution in [-0.4, -0.2) is 22.8 Å². The van der Waals surface area contributed by atoms with Gasteiger partial charge in [-0.15, -0.1) is 0 Å². The predicted octanol–water partition coefficient (Wildman–Crippen LogP) is 2.53. The first-order valence-electron chi connectivity index (χ1n) is 7.78. The zero-order valence-electron chi connectivity index (χ0n) is 13.6. The van der Waals surface area contributed by atoms with E-state index in [9.17, 15) is 4.79 Å². The van der Waals surface area contributed by atoms with Crippen molar-refractivity contribution < 1.29 is 14.4 Å². The summed E-state index contributed by atoms with van der Waals surface area (Å²) in [7, 11) is 0. The number of carbonyl (C=O) groups excluding carboxylic acids is 1. The van der Waals surface area contributed by atoms with Crippen molar-refractivity contribution in [2.24, 2.45) is 5.16 Å². The number of nitrogens with one attached hydrogen (secondary N) is 1. The summed E-state index contributed by atoms with van der Waals surface area (Å²) in [5, 5.41) is 15.4. The molecule has 7 nitrogen and oxygen atoms in total. The number of nitrogens with zero attached hydrogens (tertiary/aromatic N) is 3. The average Bonchev–Trinajstić information content (AvgIpc) is 3.01. The van der Waals surface area contributed by atoms with Gasteiger partial charge >= 0.3 is 0 Å². The van der Waals surface area contributed by atoms with Gasteiger partial charge in [-0.1, -0.05) is 17.3 Å². The molecule has 1 aromatic heterocycles. The van der Waals surface area contributed by atoms with Gasteiger partial charge < -0.3 is 14.9 Å². The van der Waals surface area contributed by atoms with Crippen LogP contribution in [0.4, 0.5) is 0 Å². The van der Waals surface area contributed by atoms with Crippen LogP contribution in [0.25, 0.3) is 0 Å². The van der Waals surface area contributed by atoms with E-state index < -0.39 is 0 Å². The fourth-order valence-electron chi connectivity index (χ4n) is 2.31. The number of amides is 1. The summed E-state index contributed by atoms with van der Waals surface area (Å²) in [6.45, 7) is 1.89. The van der Waals surface area contributed by atoms with Gasteiger partial charge in [-0.05, 0) is 30.7 Å². The van der Waals surface area contributed by atoms with Crippen LogP contribution in [0.5, 0.6) is 11.5 Å². The van der Waals surface area contributed by atoms with Crippen LogP contribution in [-0.2, 0) is 16.1 Å². The first-order valence-corrected chi connectivity index (χ1v) is 7.78. The molecule has 0 bridgehead atoms. The number of ether oxygens (including phenoxy) is 1. The van der Waals surface area contributed by atoms with E-state index in [1.165, 1.54) is 6.20 Å². The van der Waals surface area contributed by atoms with Crippen molar-refractivity contribution in [1.29, 1.82) is 5.26 Å². The van der Waals surface area contributed by atoms with Crippen LogP contribution in [0, 0.1) is 11.3 Å². The van der Waals surface area contributed by atoms with Crippen molar-refractivity contribution in [1.82, 2.24) is 10.3 Å². The third-order valence-corrected chi connectivity index (χ3v) is 3.48. The second-order valence-corrected chi connectivity index (χ2v) is 5.62. The van der Waals surface area contributed by atoms with Gasteiger partial charge in [-0.3, -0.25) is 4.79 Å². The molecule has 25 heavy (non-hydrogen) atoms. The van der Waals surface area contributed by atoms with Gasteiger partial charge in [-0.2, -0.15) is 5.26 Å². The summed E-state index contributed by atoms with van der Waals surface area (Å²) >= 11 is 0. The maximum atomic E-state index is 12.0. The van der Waals surface area contributed by atoms with Crippen LogP contribution in [0.2, 0.25) is 0 Å². The molecule has 7 heteroatoms. The fourth-order valence-corrected chi connectivity index (χ4v) is 2.31.